The van der Waals surface area contributed by atoms with Crippen molar-refractivity contribution in [2.45, 2.75) is 322 Å². The molecule has 69 heavy (non-hydrogen) atoms. The zero-order chi connectivity index (χ0) is 50.0. The Morgan fingerprint density at radius 3 is 0.913 bits per heavy atom. The molecular weight excluding hydrogens is 853 g/mol. The highest BCUT2D eigenvalue weighted by Crippen LogP contribution is 2.17. The average molecular weight is 968 g/mol. The quantitative estimate of drug-likeness (QED) is 0.0262. The number of ether oxygens (including phenoxy) is 3. The van der Waals surface area contributed by atoms with Crippen molar-refractivity contribution in [3.63, 3.8) is 0 Å². The maximum Gasteiger partial charge on any atom is 0.306 e. The minimum atomic E-state index is -0.780. The number of hydrogen-bond acceptors (Lipinski definition) is 6. The van der Waals surface area contributed by atoms with Gasteiger partial charge in [-0.2, -0.15) is 0 Å². The first-order valence-corrected chi connectivity index (χ1v) is 30.1. The van der Waals surface area contributed by atoms with Gasteiger partial charge in [0, 0.05) is 19.3 Å². The molecule has 0 radical (unpaired) electrons. The Bertz CT molecular complexity index is 1200. The second-order valence-electron chi connectivity index (χ2n) is 20.2. The minimum Gasteiger partial charge on any atom is -0.462 e. The molecule has 0 aliphatic heterocycles. The van der Waals surface area contributed by atoms with Crippen LogP contribution in [-0.4, -0.2) is 37.2 Å². The van der Waals surface area contributed by atoms with E-state index in [1.165, 1.54) is 186 Å². The van der Waals surface area contributed by atoms with E-state index in [-0.39, 0.29) is 31.1 Å². The Morgan fingerprint density at radius 1 is 0.304 bits per heavy atom. The van der Waals surface area contributed by atoms with Gasteiger partial charge < -0.3 is 14.2 Å². The summed E-state index contributed by atoms with van der Waals surface area (Å²) in [5.41, 5.74) is 0. The average Bonchev–Trinajstić information content (AvgIpc) is 3.35. The SMILES string of the molecule is CC/C=C\C/C=C\C/C=C\CCCCCCCCCC(=O)OC(COC(=O)CCCCCCC/C=C\CCCCCC)COC(=O)CCCCCCCCCCCCCCCCCCCCCCC. The van der Waals surface area contributed by atoms with E-state index in [4.69, 9.17) is 14.2 Å². The molecule has 0 amide bonds. The molecule has 0 bridgehead atoms. The topological polar surface area (TPSA) is 78.9 Å². The van der Waals surface area contributed by atoms with Crippen LogP contribution in [0.4, 0.5) is 0 Å². The van der Waals surface area contributed by atoms with Gasteiger partial charge in [-0.1, -0.05) is 268 Å². The standard InChI is InChI=1S/C63H114O6/c1-4-7-10-13-16-19-22-25-27-29-30-31-32-34-35-38-41-44-47-50-53-56-62(65)68-59-60(58-67-61(64)55-52-49-46-43-40-37-24-21-18-15-12-9-6-3)69-63(66)57-54-51-48-45-42-39-36-33-28-26-23-20-17-14-11-8-5-2/h8,11,17,20-21,24,26,28,60H,4-7,9-10,12-16,18-19,22-23,25,27,29-59H2,1-3H3/b11-8-,20-17-,24-21-,28-26-. The van der Waals surface area contributed by atoms with Crippen LogP contribution in [-0.2, 0) is 28.6 Å². The summed E-state index contributed by atoms with van der Waals surface area (Å²) < 4.78 is 16.9. The predicted octanol–water partition coefficient (Wildman–Crippen LogP) is 20.2. The molecular formula is C63H114O6. The van der Waals surface area contributed by atoms with Gasteiger partial charge in [-0.3, -0.25) is 14.4 Å². The number of rotatable bonds is 55. The van der Waals surface area contributed by atoms with Gasteiger partial charge in [0.15, 0.2) is 6.10 Å². The summed E-state index contributed by atoms with van der Waals surface area (Å²) in [4.78, 5) is 38.2. The van der Waals surface area contributed by atoms with Gasteiger partial charge in [-0.15, -0.1) is 0 Å². The van der Waals surface area contributed by atoms with E-state index >= 15 is 0 Å². The first-order valence-electron chi connectivity index (χ1n) is 30.1. The van der Waals surface area contributed by atoms with Crippen molar-refractivity contribution in [3.05, 3.63) is 48.6 Å². The number of allylic oxidation sites excluding steroid dienone is 8. The molecule has 0 aliphatic carbocycles. The first kappa shape index (κ1) is 66.4. The minimum absolute atomic E-state index is 0.0766. The van der Waals surface area contributed by atoms with Gasteiger partial charge in [-0.05, 0) is 77.0 Å². The normalized spacial score (nSPS) is 12.3. The lowest BCUT2D eigenvalue weighted by atomic mass is 10.0. The lowest BCUT2D eigenvalue weighted by Crippen LogP contribution is -2.30. The van der Waals surface area contributed by atoms with Crippen LogP contribution in [0.5, 0.6) is 0 Å². The van der Waals surface area contributed by atoms with Crippen LogP contribution < -0.4 is 0 Å². The summed E-state index contributed by atoms with van der Waals surface area (Å²) in [5, 5.41) is 0. The second kappa shape index (κ2) is 57.9. The van der Waals surface area contributed by atoms with Crippen molar-refractivity contribution in [2.24, 2.45) is 0 Å². The van der Waals surface area contributed by atoms with Gasteiger partial charge in [0.2, 0.25) is 0 Å². The Hall–Kier alpha value is -2.63. The third-order valence-corrected chi connectivity index (χ3v) is 13.3. The van der Waals surface area contributed by atoms with Gasteiger partial charge in [0.25, 0.3) is 0 Å². The van der Waals surface area contributed by atoms with Gasteiger partial charge in [0.05, 0.1) is 0 Å². The fraction of sp³-hybridized carbons (Fsp3) is 0.825. The number of hydrogen-bond donors (Lipinski definition) is 0. The fourth-order valence-corrected chi connectivity index (χ4v) is 8.81. The molecule has 6 heteroatoms. The molecule has 0 fully saturated rings. The highest BCUT2D eigenvalue weighted by atomic mass is 16.6. The van der Waals surface area contributed by atoms with Crippen molar-refractivity contribution in [1.29, 1.82) is 0 Å². The number of carbonyl (C=O) groups excluding carboxylic acids is 3. The molecule has 0 aliphatic rings. The number of unbranched alkanes of at least 4 members (excludes halogenated alkanes) is 36. The second-order valence-corrected chi connectivity index (χ2v) is 20.2. The summed E-state index contributed by atoms with van der Waals surface area (Å²) in [7, 11) is 0. The molecule has 0 spiro atoms. The van der Waals surface area contributed by atoms with E-state index in [1.54, 1.807) is 0 Å². The molecule has 0 saturated heterocycles. The lowest BCUT2D eigenvalue weighted by Gasteiger charge is -2.18. The van der Waals surface area contributed by atoms with Crippen LogP contribution in [0.2, 0.25) is 0 Å². The predicted molar refractivity (Wildman–Crippen MR) is 298 cm³/mol. The zero-order valence-electron chi connectivity index (χ0n) is 46.1. The number of esters is 3. The molecule has 402 valence electrons. The van der Waals surface area contributed by atoms with E-state index in [2.05, 4.69) is 69.4 Å². The van der Waals surface area contributed by atoms with Crippen molar-refractivity contribution in [1.82, 2.24) is 0 Å². The molecule has 1 unspecified atom stereocenters. The molecule has 0 aromatic rings. The van der Waals surface area contributed by atoms with Crippen molar-refractivity contribution >= 4 is 17.9 Å². The highest BCUT2D eigenvalue weighted by molar-refractivity contribution is 5.71. The van der Waals surface area contributed by atoms with E-state index in [1.807, 2.05) is 0 Å². The summed E-state index contributed by atoms with van der Waals surface area (Å²) in [6.45, 7) is 6.54. The van der Waals surface area contributed by atoms with Gasteiger partial charge in [0.1, 0.15) is 13.2 Å². The van der Waals surface area contributed by atoms with Gasteiger partial charge >= 0.3 is 17.9 Å². The molecule has 6 nitrogen and oxygen atoms in total. The fourth-order valence-electron chi connectivity index (χ4n) is 8.81. The van der Waals surface area contributed by atoms with Crippen LogP contribution in [0.3, 0.4) is 0 Å². The summed E-state index contributed by atoms with van der Waals surface area (Å²) >= 11 is 0. The monoisotopic (exact) mass is 967 g/mol. The molecule has 1 atom stereocenters. The highest BCUT2D eigenvalue weighted by Gasteiger charge is 2.19. The van der Waals surface area contributed by atoms with Crippen LogP contribution in [0.15, 0.2) is 48.6 Å². The maximum atomic E-state index is 12.9. The molecule has 0 saturated carbocycles. The lowest BCUT2D eigenvalue weighted by molar-refractivity contribution is -0.167. The smallest absolute Gasteiger partial charge is 0.306 e. The van der Waals surface area contributed by atoms with E-state index < -0.39 is 6.10 Å². The Balaban J connectivity index is 4.31. The maximum absolute atomic E-state index is 12.9. The molecule has 0 heterocycles. The van der Waals surface area contributed by atoms with Crippen molar-refractivity contribution < 1.29 is 28.6 Å². The summed E-state index contributed by atoms with van der Waals surface area (Å²) in [5.74, 6) is -0.879. The Morgan fingerprint density at radius 2 is 0.565 bits per heavy atom. The van der Waals surface area contributed by atoms with Crippen molar-refractivity contribution in [3.8, 4) is 0 Å². The molecule has 0 aromatic heterocycles. The third-order valence-electron chi connectivity index (χ3n) is 13.3. The van der Waals surface area contributed by atoms with E-state index in [0.717, 1.165) is 89.9 Å². The van der Waals surface area contributed by atoms with Gasteiger partial charge in [-0.25, -0.2) is 0 Å². The van der Waals surface area contributed by atoms with E-state index in [9.17, 15) is 14.4 Å². The van der Waals surface area contributed by atoms with Crippen LogP contribution in [0.1, 0.15) is 316 Å². The summed E-state index contributed by atoms with van der Waals surface area (Å²) in [6.07, 6.45) is 71.1. The summed E-state index contributed by atoms with van der Waals surface area (Å²) in [6, 6.07) is 0. The van der Waals surface area contributed by atoms with Crippen molar-refractivity contribution in [2.75, 3.05) is 13.2 Å². The van der Waals surface area contributed by atoms with Crippen LogP contribution >= 0.6 is 0 Å². The Kier molecular flexibility index (Phi) is 55.7. The van der Waals surface area contributed by atoms with Crippen LogP contribution in [0, 0.1) is 0 Å². The van der Waals surface area contributed by atoms with E-state index in [0.29, 0.717) is 19.3 Å². The Labute approximate surface area is 428 Å². The van der Waals surface area contributed by atoms with Crippen LogP contribution in [0.25, 0.3) is 0 Å². The molecule has 0 aromatic carbocycles. The number of carbonyl (C=O) groups is 3. The third kappa shape index (κ3) is 56.2. The first-order chi connectivity index (χ1) is 34.0. The largest absolute Gasteiger partial charge is 0.462 e. The molecule has 0 N–H and O–H groups in total. The zero-order valence-corrected chi connectivity index (χ0v) is 46.1. The molecule has 0 rings (SSSR count).